The fraction of sp³-hybridized carbons (Fsp3) is 0.583. The molecule has 0 bridgehead atoms. The van der Waals surface area contributed by atoms with Crippen LogP contribution in [0.15, 0.2) is 35.9 Å². The molecule has 1 aliphatic heterocycles. The molecular weight excluding hydrogens is 486 g/mol. The number of ketones is 1. The number of ether oxygens (including phenoxy) is 1. The second kappa shape index (κ2) is 14.3. The third kappa shape index (κ3) is 8.25. The number of rotatable bonds is 10. The molecule has 2 aliphatic rings. The summed E-state index contributed by atoms with van der Waals surface area (Å²) in [7, 11) is 0. The summed E-state index contributed by atoms with van der Waals surface area (Å²) >= 11 is 4.75. The number of hydrogen-bond acceptors (Lipinski definition) is 6. The standard InChI is InChI=1S/C24H33FN2O3S.2ClH/c1-3-26(16-22(28)30-4-2)13-11-18-15-27(14-12-21(18)31)23(24(29)17-9-10-17)19-7-5-6-8-20(19)25;;/h5-8,11,17,21,23,31H,3-4,9-10,12-16H2,1-2H3;2*1H. The van der Waals surface area contributed by atoms with Gasteiger partial charge in [0.15, 0.2) is 5.78 Å². The number of hydrogen-bond donors (Lipinski definition) is 1. The fourth-order valence-corrected chi connectivity index (χ4v) is 4.37. The normalized spacial score (nSPS) is 20.6. The second-order valence-electron chi connectivity index (χ2n) is 8.29. The molecule has 0 radical (unpaired) electrons. The molecule has 1 aromatic rings. The van der Waals surface area contributed by atoms with Crippen molar-refractivity contribution in [2.24, 2.45) is 5.92 Å². The Labute approximate surface area is 214 Å². The lowest BCUT2D eigenvalue weighted by molar-refractivity contribution is -0.144. The SMILES string of the molecule is CCOC(=O)CN(CC)CC=C1CN(C(C(=O)C2CC2)c2ccccc2F)CCC1S.Cl.Cl. The van der Waals surface area contributed by atoms with E-state index < -0.39 is 6.04 Å². The van der Waals surface area contributed by atoms with E-state index >= 15 is 0 Å². The highest BCUT2D eigenvalue weighted by molar-refractivity contribution is 7.81. The van der Waals surface area contributed by atoms with Crippen LogP contribution in [0.1, 0.15) is 44.7 Å². The van der Waals surface area contributed by atoms with E-state index in [0.717, 1.165) is 31.4 Å². The average Bonchev–Trinajstić information content (AvgIpc) is 3.60. The van der Waals surface area contributed by atoms with Gasteiger partial charge < -0.3 is 4.74 Å². The smallest absolute Gasteiger partial charge is 0.320 e. The first-order valence-corrected chi connectivity index (χ1v) is 11.7. The lowest BCUT2D eigenvalue weighted by atomic mass is 9.93. The molecule has 9 heteroatoms. The average molecular weight is 522 g/mol. The number of likely N-dealkylation sites (N-methyl/N-ethyl adjacent to an activating group) is 1. The van der Waals surface area contributed by atoms with E-state index in [-0.39, 0.29) is 60.1 Å². The summed E-state index contributed by atoms with van der Waals surface area (Å²) in [5, 5.41) is 0.0925. The molecule has 2 atom stereocenters. The van der Waals surface area contributed by atoms with Crippen molar-refractivity contribution in [3.8, 4) is 0 Å². The minimum atomic E-state index is -0.556. The molecule has 33 heavy (non-hydrogen) atoms. The van der Waals surface area contributed by atoms with E-state index in [1.807, 2.05) is 11.8 Å². The van der Waals surface area contributed by atoms with Crippen LogP contribution in [-0.4, -0.2) is 66.1 Å². The van der Waals surface area contributed by atoms with Crippen LogP contribution in [0.2, 0.25) is 0 Å². The van der Waals surface area contributed by atoms with E-state index in [2.05, 4.69) is 11.0 Å². The summed E-state index contributed by atoms with van der Waals surface area (Å²) < 4.78 is 19.7. The number of thiol groups is 1. The summed E-state index contributed by atoms with van der Waals surface area (Å²) in [5.74, 6) is -0.387. The van der Waals surface area contributed by atoms with Gasteiger partial charge in [-0.3, -0.25) is 19.4 Å². The monoisotopic (exact) mass is 520 g/mol. The zero-order valence-electron chi connectivity index (χ0n) is 19.2. The second-order valence-corrected chi connectivity index (χ2v) is 8.91. The maximum atomic E-state index is 14.6. The molecule has 2 fully saturated rings. The highest BCUT2D eigenvalue weighted by Gasteiger charge is 2.40. The van der Waals surface area contributed by atoms with E-state index in [0.29, 0.717) is 31.8 Å². The van der Waals surface area contributed by atoms with Crippen LogP contribution in [0.25, 0.3) is 0 Å². The quantitative estimate of drug-likeness (QED) is 0.279. The van der Waals surface area contributed by atoms with E-state index in [4.69, 9.17) is 17.4 Å². The number of likely N-dealkylation sites (tertiary alicyclic amines) is 1. The van der Waals surface area contributed by atoms with Gasteiger partial charge in [0.1, 0.15) is 5.82 Å². The van der Waals surface area contributed by atoms with Crippen molar-refractivity contribution in [2.45, 2.75) is 44.4 Å². The summed E-state index contributed by atoms with van der Waals surface area (Å²) in [4.78, 5) is 29.1. The summed E-state index contributed by atoms with van der Waals surface area (Å²) in [6, 6.07) is 6.06. The highest BCUT2D eigenvalue weighted by Crippen LogP contribution is 2.39. The molecule has 1 saturated carbocycles. The van der Waals surface area contributed by atoms with Gasteiger partial charge in [0.05, 0.1) is 19.2 Å². The van der Waals surface area contributed by atoms with Crippen molar-refractivity contribution in [2.75, 3.05) is 39.3 Å². The summed E-state index contributed by atoms with van der Waals surface area (Å²) in [6.07, 6.45) is 4.69. The predicted octanol–water partition coefficient (Wildman–Crippen LogP) is 4.51. The molecule has 1 heterocycles. The Morgan fingerprint density at radius 1 is 1.24 bits per heavy atom. The van der Waals surface area contributed by atoms with Crippen molar-refractivity contribution in [1.29, 1.82) is 0 Å². The van der Waals surface area contributed by atoms with Gasteiger partial charge >= 0.3 is 5.97 Å². The Morgan fingerprint density at radius 2 is 1.94 bits per heavy atom. The number of benzene rings is 1. The molecule has 1 saturated heterocycles. The van der Waals surface area contributed by atoms with Crippen LogP contribution >= 0.6 is 37.4 Å². The molecule has 0 spiro atoms. The third-order valence-electron chi connectivity index (χ3n) is 6.03. The lowest BCUT2D eigenvalue weighted by Gasteiger charge is -2.38. The maximum absolute atomic E-state index is 14.6. The van der Waals surface area contributed by atoms with Crippen LogP contribution in [0.5, 0.6) is 0 Å². The van der Waals surface area contributed by atoms with Gasteiger partial charge in [-0.05, 0) is 44.4 Å². The van der Waals surface area contributed by atoms with E-state index in [9.17, 15) is 14.0 Å². The summed E-state index contributed by atoms with van der Waals surface area (Å²) in [5.41, 5.74) is 1.58. The molecule has 1 aliphatic carbocycles. The van der Waals surface area contributed by atoms with Crippen molar-refractivity contribution in [3.63, 3.8) is 0 Å². The number of carbonyl (C=O) groups excluding carboxylic acids is 2. The van der Waals surface area contributed by atoms with Crippen molar-refractivity contribution >= 4 is 49.2 Å². The Bertz CT molecular complexity index is 823. The van der Waals surface area contributed by atoms with Crippen LogP contribution < -0.4 is 0 Å². The first kappa shape index (κ1) is 29.9. The number of Topliss-reactive ketones (excluding diaryl/α,β-unsaturated/α-hetero) is 1. The van der Waals surface area contributed by atoms with E-state index in [1.54, 1.807) is 25.1 Å². The summed E-state index contributed by atoms with van der Waals surface area (Å²) in [6.45, 7) is 7.02. The van der Waals surface area contributed by atoms with Gasteiger partial charge in [-0.1, -0.05) is 31.2 Å². The third-order valence-corrected chi connectivity index (χ3v) is 6.62. The predicted molar refractivity (Wildman–Crippen MR) is 137 cm³/mol. The van der Waals surface area contributed by atoms with Crippen LogP contribution in [0, 0.1) is 11.7 Å². The highest BCUT2D eigenvalue weighted by atomic mass is 35.5. The first-order valence-electron chi connectivity index (χ1n) is 11.2. The Kier molecular flexibility index (Phi) is 13.0. The van der Waals surface area contributed by atoms with Gasteiger partial charge in [0, 0.05) is 36.4 Å². The van der Waals surface area contributed by atoms with Crippen molar-refractivity contribution in [1.82, 2.24) is 9.80 Å². The zero-order chi connectivity index (χ0) is 22.4. The number of nitrogens with zero attached hydrogens (tertiary/aromatic N) is 2. The molecular formula is C24H35Cl2FN2O3S. The van der Waals surface area contributed by atoms with Gasteiger partial charge in [0.25, 0.3) is 0 Å². The maximum Gasteiger partial charge on any atom is 0.320 e. The lowest BCUT2D eigenvalue weighted by Crippen LogP contribution is -2.43. The van der Waals surface area contributed by atoms with Gasteiger partial charge in [0.2, 0.25) is 0 Å². The topological polar surface area (TPSA) is 49.9 Å². The van der Waals surface area contributed by atoms with Crippen LogP contribution in [0.3, 0.4) is 0 Å². The molecule has 186 valence electrons. The molecule has 0 amide bonds. The Morgan fingerprint density at radius 3 is 2.55 bits per heavy atom. The first-order chi connectivity index (χ1) is 14.9. The Balaban J connectivity index is 0.00000272. The number of carbonyl (C=O) groups is 2. The van der Waals surface area contributed by atoms with E-state index in [1.165, 1.54) is 6.07 Å². The van der Waals surface area contributed by atoms with Gasteiger partial charge in [-0.2, -0.15) is 12.6 Å². The van der Waals surface area contributed by atoms with Crippen LogP contribution in [0.4, 0.5) is 4.39 Å². The zero-order valence-corrected chi connectivity index (χ0v) is 21.8. The van der Waals surface area contributed by atoms with Crippen LogP contribution in [-0.2, 0) is 14.3 Å². The molecule has 2 unspecified atom stereocenters. The number of esters is 1. The number of piperidine rings is 1. The number of halogens is 3. The molecule has 0 N–H and O–H groups in total. The molecule has 0 aromatic heterocycles. The van der Waals surface area contributed by atoms with Crippen molar-refractivity contribution in [3.05, 3.63) is 47.3 Å². The van der Waals surface area contributed by atoms with Crippen molar-refractivity contribution < 1.29 is 18.7 Å². The minimum Gasteiger partial charge on any atom is -0.465 e. The van der Waals surface area contributed by atoms with Gasteiger partial charge in [-0.25, -0.2) is 4.39 Å². The molecule has 3 rings (SSSR count). The van der Waals surface area contributed by atoms with Gasteiger partial charge in [-0.15, -0.1) is 24.8 Å². The Hall–Kier alpha value is -1.12. The molecule has 5 nitrogen and oxygen atoms in total. The fourth-order valence-electron chi connectivity index (χ4n) is 4.07. The largest absolute Gasteiger partial charge is 0.465 e. The minimum absolute atomic E-state index is 0. The molecule has 1 aromatic carbocycles.